The summed E-state index contributed by atoms with van der Waals surface area (Å²) in [6.07, 6.45) is 0.704. The van der Waals surface area contributed by atoms with Gasteiger partial charge in [-0.05, 0) is 37.0 Å². The second kappa shape index (κ2) is 6.81. The summed E-state index contributed by atoms with van der Waals surface area (Å²) in [7, 11) is 0. The Morgan fingerprint density at radius 1 is 1.26 bits per heavy atom. The highest BCUT2D eigenvalue weighted by molar-refractivity contribution is 5.43. The Labute approximate surface area is 137 Å². The first-order valence-electron chi connectivity index (χ1n) is 8.27. The van der Waals surface area contributed by atoms with Gasteiger partial charge in [-0.3, -0.25) is 0 Å². The van der Waals surface area contributed by atoms with E-state index >= 15 is 0 Å². The molecule has 23 heavy (non-hydrogen) atoms. The van der Waals surface area contributed by atoms with Crippen LogP contribution in [0, 0.1) is 19.8 Å². The zero-order chi connectivity index (χ0) is 16.4. The fourth-order valence-corrected chi connectivity index (χ4v) is 2.79. The van der Waals surface area contributed by atoms with Gasteiger partial charge in [-0.1, -0.05) is 26.0 Å². The van der Waals surface area contributed by atoms with Gasteiger partial charge in [0.2, 0.25) is 0 Å². The third-order valence-corrected chi connectivity index (χ3v) is 3.96. The van der Waals surface area contributed by atoms with Crippen molar-refractivity contribution in [1.29, 1.82) is 0 Å². The van der Waals surface area contributed by atoms with E-state index in [0.29, 0.717) is 25.7 Å². The molecule has 5 heteroatoms. The lowest BCUT2D eigenvalue weighted by atomic mass is 10.1. The molecule has 0 aliphatic carbocycles. The average molecular weight is 315 g/mol. The molecule has 2 aromatic rings. The minimum absolute atomic E-state index is 0.155. The standard InChI is InChI=1S/C18H25N3O2/c1-12(2)9-17-19-18(16-11-22-7-8-23-16)21(20-17)15-10-13(3)5-6-14(15)4/h5-6,10,12,16H,7-9,11H2,1-4H3. The molecule has 1 aromatic heterocycles. The number of aryl methyl sites for hydroxylation is 2. The van der Waals surface area contributed by atoms with Gasteiger partial charge in [-0.2, -0.15) is 5.10 Å². The number of benzene rings is 1. The summed E-state index contributed by atoms with van der Waals surface area (Å²) in [5.74, 6) is 2.22. The smallest absolute Gasteiger partial charge is 0.163 e. The molecule has 5 nitrogen and oxygen atoms in total. The molecule has 1 aromatic carbocycles. The molecule has 3 rings (SSSR count). The van der Waals surface area contributed by atoms with Crippen molar-refractivity contribution in [1.82, 2.24) is 14.8 Å². The quantitative estimate of drug-likeness (QED) is 0.869. The highest BCUT2D eigenvalue weighted by Gasteiger charge is 2.25. The fourth-order valence-electron chi connectivity index (χ4n) is 2.79. The van der Waals surface area contributed by atoms with E-state index in [9.17, 15) is 0 Å². The summed E-state index contributed by atoms with van der Waals surface area (Å²) < 4.78 is 13.4. The van der Waals surface area contributed by atoms with Gasteiger partial charge in [0.15, 0.2) is 11.6 Å². The summed E-state index contributed by atoms with van der Waals surface area (Å²) in [5, 5.41) is 4.77. The Kier molecular flexibility index (Phi) is 4.78. The van der Waals surface area contributed by atoms with Crippen molar-refractivity contribution in [2.45, 2.75) is 40.2 Å². The zero-order valence-electron chi connectivity index (χ0n) is 14.4. The molecule has 124 valence electrons. The molecule has 0 bridgehead atoms. The molecule has 0 amide bonds. The zero-order valence-corrected chi connectivity index (χ0v) is 14.4. The Hall–Kier alpha value is -1.72. The van der Waals surface area contributed by atoms with Crippen LogP contribution < -0.4 is 0 Å². The summed E-state index contributed by atoms with van der Waals surface area (Å²) in [5.41, 5.74) is 3.45. The highest BCUT2D eigenvalue weighted by atomic mass is 16.6. The Morgan fingerprint density at radius 2 is 2.09 bits per heavy atom. The van der Waals surface area contributed by atoms with Gasteiger partial charge < -0.3 is 9.47 Å². The van der Waals surface area contributed by atoms with Gasteiger partial charge in [0, 0.05) is 6.42 Å². The summed E-state index contributed by atoms with van der Waals surface area (Å²) in [4.78, 5) is 4.77. The van der Waals surface area contributed by atoms with Gasteiger partial charge in [-0.25, -0.2) is 9.67 Å². The Bertz CT molecular complexity index is 673. The van der Waals surface area contributed by atoms with Crippen LogP contribution in [0.4, 0.5) is 0 Å². The maximum Gasteiger partial charge on any atom is 0.163 e. The van der Waals surface area contributed by atoms with Crippen LogP contribution >= 0.6 is 0 Å². The van der Waals surface area contributed by atoms with E-state index in [2.05, 4.69) is 45.9 Å². The summed E-state index contributed by atoms with van der Waals surface area (Å²) >= 11 is 0. The first-order chi connectivity index (χ1) is 11.0. The van der Waals surface area contributed by atoms with Gasteiger partial charge in [-0.15, -0.1) is 0 Å². The number of hydrogen-bond acceptors (Lipinski definition) is 4. The predicted molar refractivity (Wildman–Crippen MR) is 88.9 cm³/mol. The van der Waals surface area contributed by atoms with Crippen molar-refractivity contribution in [2.75, 3.05) is 19.8 Å². The number of aromatic nitrogens is 3. The van der Waals surface area contributed by atoms with Gasteiger partial charge in [0.1, 0.15) is 6.10 Å². The van der Waals surface area contributed by atoms with Crippen LogP contribution in [0.1, 0.15) is 42.7 Å². The van der Waals surface area contributed by atoms with E-state index in [1.54, 1.807) is 0 Å². The molecular weight excluding hydrogens is 290 g/mol. The largest absolute Gasteiger partial charge is 0.376 e. The van der Waals surface area contributed by atoms with Crippen LogP contribution in [0.25, 0.3) is 5.69 Å². The molecule has 0 saturated carbocycles. The van der Waals surface area contributed by atoms with Crippen LogP contribution in [0.5, 0.6) is 0 Å². The third kappa shape index (κ3) is 3.62. The van der Waals surface area contributed by atoms with Gasteiger partial charge in [0.05, 0.1) is 25.5 Å². The lowest BCUT2D eigenvalue weighted by Gasteiger charge is -2.23. The Morgan fingerprint density at radius 3 is 2.78 bits per heavy atom. The molecule has 1 aliphatic heterocycles. The lowest BCUT2D eigenvalue weighted by molar-refractivity contribution is -0.0942. The van der Waals surface area contributed by atoms with Crippen molar-refractivity contribution >= 4 is 0 Å². The topological polar surface area (TPSA) is 49.2 Å². The molecular formula is C18H25N3O2. The first kappa shape index (κ1) is 16.1. The maximum absolute atomic E-state index is 5.87. The Balaban J connectivity index is 2.05. The number of hydrogen-bond donors (Lipinski definition) is 0. The van der Waals surface area contributed by atoms with Crippen molar-refractivity contribution in [2.24, 2.45) is 5.92 Å². The normalized spacial score (nSPS) is 18.6. The van der Waals surface area contributed by atoms with E-state index in [4.69, 9.17) is 19.6 Å². The minimum Gasteiger partial charge on any atom is -0.376 e. The van der Waals surface area contributed by atoms with Crippen molar-refractivity contribution in [3.05, 3.63) is 41.0 Å². The highest BCUT2D eigenvalue weighted by Crippen LogP contribution is 2.25. The molecule has 1 aliphatic rings. The maximum atomic E-state index is 5.87. The van der Waals surface area contributed by atoms with E-state index in [1.807, 2.05) is 4.68 Å². The SMILES string of the molecule is Cc1ccc(C)c(-n2nc(CC(C)C)nc2C2COCCO2)c1. The first-order valence-corrected chi connectivity index (χ1v) is 8.27. The molecule has 1 saturated heterocycles. The van der Waals surface area contributed by atoms with Crippen LogP contribution in [0.15, 0.2) is 18.2 Å². The van der Waals surface area contributed by atoms with E-state index in [1.165, 1.54) is 11.1 Å². The summed E-state index contributed by atoms with van der Waals surface area (Å²) in [6.45, 7) is 10.3. The molecule has 0 spiro atoms. The lowest BCUT2D eigenvalue weighted by Crippen LogP contribution is -2.25. The fraction of sp³-hybridized carbons (Fsp3) is 0.556. The minimum atomic E-state index is -0.155. The van der Waals surface area contributed by atoms with Crippen LogP contribution in [0.2, 0.25) is 0 Å². The van der Waals surface area contributed by atoms with Gasteiger partial charge in [0.25, 0.3) is 0 Å². The molecule has 2 heterocycles. The number of rotatable bonds is 4. The van der Waals surface area contributed by atoms with Crippen molar-refractivity contribution < 1.29 is 9.47 Å². The predicted octanol–water partition coefficient (Wildman–Crippen LogP) is 3.17. The second-order valence-electron chi connectivity index (χ2n) is 6.62. The van der Waals surface area contributed by atoms with Gasteiger partial charge >= 0.3 is 0 Å². The molecule has 0 N–H and O–H groups in total. The van der Waals surface area contributed by atoms with Crippen LogP contribution in [-0.2, 0) is 15.9 Å². The second-order valence-corrected chi connectivity index (χ2v) is 6.62. The molecule has 1 fully saturated rings. The van der Waals surface area contributed by atoms with Crippen LogP contribution in [0.3, 0.4) is 0 Å². The third-order valence-electron chi connectivity index (χ3n) is 3.96. The van der Waals surface area contributed by atoms with E-state index in [0.717, 1.165) is 23.8 Å². The monoisotopic (exact) mass is 315 g/mol. The number of nitrogens with zero attached hydrogens (tertiary/aromatic N) is 3. The molecule has 1 atom stereocenters. The molecule has 1 unspecified atom stereocenters. The number of ether oxygens (including phenoxy) is 2. The van der Waals surface area contributed by atoms with Crippen molar-refractivity contribution in [3.63, 3.8) is 0 Å². The summed E-state index contributed by atoms with van der Waals surface area (Å²) in [6, 6.07) is 6.39. The average Bonchev–Trinajstić information content (AvgIpc) is 2.93. The van der Waals surface area contributed by atoms with Crippen molar-refractivity contribution in [3.8, 4) is 5.69 Å². The van der Waals surface area contributed by atoms with E-state index in [-0.39, 0.29) is 6.10 Å². The molecule has 0 radical (unpaired) electrons. The van der Waals surface area contributed by atoms with E-state index < -0.39 is 0 Å². The van der Waals surface area contributed by atoms with Crippen LogP contribution in [-0.4, -0.2) is 34.6 Å².